The summed E-state index contributed by atoms with van der Waals surface area (Å²) in [4.78, 5) is 14.0. The molecule has 0 atom stereocenters. The molecule has 3 rings (SSSR count). The summed E-state index contributed by atoms with van der Waals surface area (Å²) < 4.78 is 19.6. The number of morpholine rings is 1. The van der Waals surface area contributed by atoms with Crippen LogP contribution in [0.4, 0.5) is 10.1 Å². The highest BCUT2D eigenvalue weighted by molar-refractivity contribution is 5.96. The average Bonchev–Trinajstić information content (AvgIpc) is 2.63. The summed E-state index contributed by atoms with van der Waals surface area (Å²) in [5.74, 6) is -0.601. The summed E-state index contributed by atoms with van der Waals surface area (Å²) in [6.07, 6.45) is 1.43. The van der Waals surface area contributed by atoms with Crippen molar-refractivity contribution in [3.05, 3.63) is 65.0 Å². The molecule has 0 bridgehead atoms. The molecule has 5 nitrogen and oxygen atoms in total. The fourth-order valence-corrected chi connectivity index (χ4v) is 2.72. The average molecular weight is 341 g/mol. The largest absolute Gasteiger partial charge is 0.378 e. The first-order valence-corrected chi connectivity index (χ1v) is 8.16. The smallest absolute Gasteiger partial charge is 0.271 e. The van der Waals surface area contributed by atoms with Gasteiger partial charge in [0.15, 0.2) is 0 Å². The Morgan fingerprint density at radius 2 is 2.00 bits per heavy atom. The van der Waals surface area contributed by atoms with E-state index in [1.807, 2.05) is 24.0 Å². The standard InChI is InChI=1S/C19H20FN3O2/c1-14-4-2-3-5-16(14)19(24)22-21-13-15-6-7-18(17(20)12-15)23-8-10-25-11-9-23/h2-7,12-13H,8-11H2,1H3,(H,22,24)/b21-13+. The number of ether oxygens (including phenoxy) is 1. The van der Waals surface area contributed by atoms with Crippen molar-refractivity contribution >= 4 is 17.8 Å². The van der Waals surface area contributed by atoms with Crippen LogP contribution in [0.25, 0.3) is 0 Å². The van der Waals surface area contributed by atoms with Crippen molar-refractivity contribution in [1.29, 1.82) is 0 Å². The molecule has 0 aromatic heterocycles. The van der Waals surface area contributed by atoms with Crippen molar-refractivity contribution < 1.29 is 13.9 Å². The number of hydrogen-bond donors (Lipinski definition) is 1. The zero-order chi connectivity index (χ0) is 17.6. The molecule has 6 heteroatoms. The van der Waals surface area contributed by atoms with Crippen LogP contribution >= 0.6 is 0 Å². The molecule has 1 N–H and O–H groups in total. The molecule has 1 heterocycles. The van der Waals surface area contributed by atoms with Gasteiger partial charge in [-0.1, -0.05) is 24.3 Å². The summed E-state index contributed by atoms with van der Waals surface area (Å²) in [5.41, 5.74) is 5.04. The van der Waals surface area contributed by atoms with Gasteiger partial charge in [0.1, 0.15) is 5.82 Å². The van der Waals surface area contributed by atoms with Crippen molar-refractivity contribution in [1.82, 2.24) is 5.43 Å². The van der Waals surface area contributed by atoms with Gasteiger partial charge in [0.05, 0.1) is 25.1 Å². The van der Waals surface area contributed by atoms with Gasteiger partial charge in [-0.15, -0.1) is 0 Å². The maximum atomic E-state index is 14.3. The lowest BCUT2D eigenvalue weighted by atomic mass is 10.1. The minimum absolute atomic E-state index is 0.292. The van der Waals surface area contributed by atoms with Crippen molar-refractivity contribution in [2.24, 2.45) is 5.10 Å². The highest BCUT2D eigenvalue weighted by Gasteiger charge is 2.15. The highest BCUT2D eigenvalue weighted by Crippen LogP contribution is 2.21. The number of anilines is 1. The fourth-order valence-electron chi connectivity index (χ4n) is 2.72. The minimum atomic E-state index is -0.309. The topological polar surface area (TPSA) is 53.9 Å². The number of hydrazone groups is 1. The molecule has 0 radical (unpaired) electrons. The molecule has 2 aromatic rings. The number of nitrogens with one attached hydrogen (secondary N) is 1. The van der Waals surface area contributed by atoms with Crippen LogP contribution in [0.2, 0.25) is 0 Å². The Morgan fingerprint density at radius 3 is 2.72 bits per heavy atom. The molecule has 0 saturated carbocycles. The van der Waals surface area contributed by atoms with Crippen molar-refractivity contribution in [3.63, 3.8) is 0 Å². The van der Waals surface area contributed by atoms with Gasteiger partial charge in [-0.25, -0.2) is 9.82 Å². The van der Waals surface area contributed by atoms with Gasteiger partial charge in [0.2, 0.25) is 0 Å². The Kier molecular flexibility index (Phi) is 5.40. The van der Waals surface area contributed by atoms with Gasteiger partial charge in [-0.3, -0.25) is 4.79 Å². The van der Waals surface area contributed by atoms with Crippen LogP contribution in [-0.2, 0) is 4.74 Å². The first-order chi connectivity index (χ1) is 12.1. The third kappa shape index (κ3) is 4.22. The summed E-state index contributed by atoms with van der Waals surface area (Å²) in [7, 11) is 0. The zero-order valence-electron chi connectivity index (χ0n) is 14.0. The van der Waals surface area contributed by atoms with Crippen molar-refractivity contribution in [3.8, 4) is 0 Å². The summed E-state index contributed by atoms with van der Waals surface area (Å²) in [5, 5.41) is 3.92. The number of carbonyl (C=O) groups excluding carboxylic acids is 1. The van der Waals surface area contributed by atoms with Crippen LogP contribution < -0.4 is 10.3 Å². The third-order valence-corrected chi connectivity index (χ3v) is 4.09. The van der Waals surface area contributed by atoms with Gasteiger partial charge in [0, 0.05) is 18.7 Å². The molecule has 1 fully saturated rings. The third-order valence-electron chi connectivity index (χ3n) is 4.09. The maximum Gasteiger partial charge on any atom is 0.271 e. The van der Waals surface area contributed by atoms with Crippen LogP contribution in [0.3, 0.4) is 0 Å². The van der Waals surface area contributed by atoms with E-state index in [0.29, 0.717) is 43.1 Å². The second-order valence-electron chi connectivity index (χ2n) is 5.82. The molecule has 0 unspecified atom stereocenters. The second-order valence-corrected chi connectivity index (χ2v) is 5.82. The number of carbonyl (C=O) groups is 1. The SMILES string of the molecule is Cc1ccccc1C(=O)N/N=C/c1ccc(N2CCOCC2)c(F)c1. The summed E-state index contributed by atoms with van der Waals surface area (Å²) in [6, 6.07) is 12.2. The number of halogens is 1. The Balaban J connectivity index is 1.64. The predicted molar refractivity (Wildman–Crippen MR) is 95.7 cm³/mol. The van der Waals surface area contributed by atoms with Crippen LogP contribution in [0, 0.1) is 12.7 Å². The number of rotatable bonds is 4. The molecule has 1 saturated heterocycles. The van der Waals surface area contributed by atoms with E-state index in [4.69, 9.17) is 4.74 Å². The number of benzene rings is 2. The molecule has 0 spiro atoms. The molecule has 1 aliphatic heterocycles. The maximum absolute atomic E-state index is 14.3. The van der Waals surface area contributed by atoms with Gasteiger partial charge < -0.3 is 9.64 Å². The molecule has 130 valence electrons. The molecule has 0 aliphatic carbocycles. The quantitative estimate of drug-likeness (QED) is 0.687. The molecular weight excluding hydrogens is 321 g/mol. The van der Waals surface area contributed by atoms with E-state index in [0.717, 1.165) is 5.56 Å². The van der Waals surface area contributed by atoms with E-state index in [2.05, 4.69) is 10.5 Å². The lowest BCUT2D eigenvalue weighted by Crippen LogP contribution is -2.36. The van der Waals surface area contributed by atoms with E-state index in [1.54, 1.807) is 24.3 Å². The Bertz CT molecular complexity index is 786. The molecular formula is C19H20FN3O2. The van der Waals surface area contributed by atoms with Crippen LogP contribution in [0.1, 0.15) is 21.5 Å². The summed E-state index contributed by atoms with van der Waals surface area (Å²) >= 11 is 0. The first kappa shape index (κ1) is 17.1. The van der Waals surface area contributed by atoms with Crippen molar-refractivity contribution in [2.75, 3.05) is 31.2 Å². The van der Waals surface area contributed by atoms with E-state index < -0.39 is 0 Å². The Hall–Kier alpha value is -2.73. The molecule has 1 amide bonds. The predicted octanol–water partition coefficient (Wildman–Crippen LogP) is 2.73. The number of hydrogen-bond acceptors (Lipinski definition) is 4. The second kappa shape index (κ2) is 7.90. The monoisotopic (exact) mass is 341 g/mol. The fraction of sp³-hybridized carbons (Fsp3) is 0.263. The first-order valence-electron chi connectivity index (χ1n) is 8.16. The minimum Gasteiger partial charge on any atom is -0.378 e. The van der Waals surface area contributed by atoms with Crippen LogP contribution in [0.5, 0.6) is 0 Å². The lowest BCUT2D eigenvalue weighted by Gasteiger charge is -2.29. The van der Waals surface area contributed by atoms with Crippen LogP contribution in [-0.4, -0.2) is 38.4 Å². The van der Waals surface area contributed by atoms with E-state index in [-0.39, 0.29) is 11.7 Å². The van der Waals surface area contributed by atoms with Crippen LogP contribution in [0.15, 0.2) is 47.6 Å². The zero-order valence-corrected chi connectivity index (χ0v) is 14.0. The highest BCUT2D eigenvalue weighted by atomic mass is 19.1. The number of amides is 1. The van der Waals surface area contributed by atoms with E-state index in [1.165, 1.54) is 12.3 Å². The van der Waals surface area contributed by atoms with E-state index >= 15 is 0 Å². The number of nitrogens with zero attached hydrogens (tertiary/aromatic N) is 2. The normalized spacial score (nSPS) is 14.7. The van der Waals surface area contributed by atoms with Gasteiger partial charge >= 0.3 is 0 Å². The molecule has 2 aromatic carbocycles. The van der Waals surface area contributed by atoms with Gasteiger partial charge in [-0.05, 0) is 36.2 Å². The van der Waals surface area contributed by atoms with E-state index in [9.17, 15) is 9.18 Å². The van der Waals surface area contributed by atoms with Gasteiger partial charge in [0.25, 0.3) is 5.91 Å². The molecule has 1 aliphatic rings. The molecule has 25 heavy (non-hydrogen) atoms. The summed E-state index contributed by atoms with van der Waals surface area (Å²) in [6.45, 7) is 4.42. The Labute approximate surface area is 146 Å². The number of aryl methyl sites for hydroxylation is 1. The lowest BCUT2D eigenvalue weighted by molar-refractivity contribution is 0.0954. The van der Waals surface area contributed by atoms with Gasteiger partial charge in [-0.2, -0.15) is 5.10 Å². The van der Waals surface area contributed by atoms with Crippen molar-refractivity contribution in [2.45, 2.75) is 6.92 Å². The Morgan fingerprint density at radius 1 is 1.24 bits per heavy atom.